The molecule has 1 atom stereocenters. The summed E-state index contributed by atoms with van der Waals surface area (Å²) < 4.78 is 50.6. The van der Waals surface area contributed by atoms with E-state index in [1.165, 1.54) is 0 Å². The molecule has 2 N–H and O–H groups in total. The van der Waals surface area contributed by atoms with Gasteiger partial charge < -0.3 is 10.6 Å². The van der Waals surface area contributed by atoms with E-state index in [9.17, 15) is 27.2 Å². The Morgan fingerprint density at radius 2 is 2.05 bits per heavy atom. The topological polar surface area (TPSA) is 58.2 Å². The van der Waals surface area contributed by atoms with E-state index in [4.69, 9.17) is 0 Å². The SMILES string of the molecule is O=C1CC(NC(=O)c2ccc(F)c(C(F)(F)F)c2)CN1. The second kappa shape index (κ2) is 5.10. The van der Waals surface area contributed by atoms with Crippen molar-refractivity contribution in [2.24, 2.45) is 0 Å². The van der Waals surface area contributed by atoms with Crippen molar-refractivity contribution < 1.29 is 27.2 Å². The molecule has 1 heterocycles. The molecule has 0 saturated carbocycles. The fourth-order valence-corrected chi connectivity index (χ4v) is 1.86. The fraction of sp³-hybridized carbons (Fsp3) is 0.333. The minimum absolute atomic E-state index is 0.0685. The molecule has 2 amide bonds. The summed E-state index contributed by atoms with van der Waals surface area (Å²) in [4.78, 5) is 22.7. The quantitative estimate of drug-likeness (QED) is 0.810. The van der Waals surface area contributed by atoms with E-state index in [1.54, 1.807) is 0 Å². The van der Waals surface area contributed by atoms with Gasteiger partial charge in [0.15, 0.2) is 0 Å². The molecule has 0 aromatic heterocycles. The summed E-state index contributed by atoms with van der Waals surface area (Å²) in [6.07, 6.45) is -4.80. The van der Waals surface area contributed by atoms with Crippen LogP contribution in [-0.2, 0) is 11.0 Å². The van der Waals surface area contributed by atoms with Gasteiger partial charge in [-0.3, -0.25) is 9.59 Å². The minimum atomic E-state index is -4.87. The molecule has 1 aliphatic rings. The smallest absolute Gasteiger partial charge is 0.354 e. The van der Waals surface area contributed by atoms with Crippen molar-refractivity contribution in [3.8, 4) is 0 Å². The van der Waals surface area contributed by atoms with E-state index in [2.05, 4.69) is 10.6 Å². The van der Waals surface area contributed by atoms with Gasteiger partial charge in [0.05, 0.1) is 11.6 Å². The summed E-state index contributed by atoms with van der Waals surface area (Å²) >= 11 is 0. The van der Waals surface area contributed by atoms with Crippen molar-refractivity contribution in [2.75, 3.05) is 6.54 Å². The van der Waals surface area contributed by atoms with Gasteiger partial charge in [0, 0.05) is 18.5 Å². The highest BCUT2D eigenvalue weighted by Crippen LogP contribution is 2.31. The standard InChI is InChI=1S/C12H10F4N2O2/c13-9-2-1-6(3-8(9)12(14,15)16)11(20)18-7-4-10(19)17-5-7/h1-3,7H,4-5H2,(H,17,19)(H,18,20). The lowest BCUT2D eigenvalue weighted by Gasteiger charge is -2.12. The Morgan fingerprint density at radius 1 is 1.35 bits per heavy atom. The summed E-state index contributed by atoms with van der Waals surface area (Å²) in [6.45, 7) is 0.220. The van der Waals surface area contributed by atoms with Crippen molar-refractivity contribution in [3.63, 3.8) is 0 Å². The zero-order valence-corrected chi connectivity index (χ0v) is 10.1. The second-order valence-electron chi connectivity index (χ2n) is 4.37. The lowest BCUT2D eigenvalue weighted by Crippen LogP contribution is -2.36. The molecule has 0 bridgehead atoms. The number of hydrogen-bond donors (Lipinski definition) is 2. The van der Waals surface area contributed by atoms with Crippen LogP contribution in [0.25, 0.3) is 0 Å². The second-order valence-corrected chi connectivity index (χ2v) is 4.37. The molecule has 1 fully saturated rings. The van der Waals surface area contributed by atoms with Gasteiger partial charge in [-0.25, -0.2) is 4.39 Å². The van der Waals surface area contributed by atoms with Gasteiger partial charge in [-0.1, -0.05) is 0 Å². The van der Waals surface area contributed by atoms with E-state index in [1.807, 2.05) is 0 Å². The Hall–Kier alpha value is -2.12. The van der Waals surface area contributed by atoms with Crippen molar-refractivity contribution >= 4 is 11.8 Å². The number of rotatable bonds is 2. The van der Waals surface area contributed by atoms with Crippen molar-refractivity contribution in [1.82, 2.24) is 10.6 Å². The first-order valence-corrected chi connectivity index (χ1v) is 5.71. The van der Waals surface area contributed by atoms with Gasteiger partial charge in [0.25, 0.3) is 5.91 Å². The number of amides is 2. The molecule has 1 unspecified atom stereocenters. The van der Waals surface area contributed by atoms with Gasteiger partial charge in [0.1, 0.15) is 5.82 Å². The van der Waals surface area contributed by atoms with Crippen LogP contribution in [0.4, 0.5) is 17.6 Å². The first kappa shape index (κ1) is 14.3. The lowest BCUT2D eigenvalue weighted by atomic mass is 10.1. The lowest BCUT2D eigenvalue weighted by molar-refractivity contribution is -0.140. The Bertz CT molecular complexity index is 557. The van der Waals surface area contributed by atoms with Crippen LogP contribution in [0.1, 0.15) is 22.3 Å². The van der Waals surface area contributed by atoms with Crippen molar-refractivity contribution in [3.05, 3.63) is 35.1 Å². The highest BCUT2D eigenvalue weighted by molar-refractivity contribution is 5.95. The molecule has 1 aromatic carbocycles. The van der Waals surface area contributed by atoms with Gasteiger partial charge in [-0.2, -0.15) is 13.2 Å². The molecule has 8 heteroatoms. The van der Waals surface area contributed by atoms with Crippen LogP contribution in [0.3, 0.4) is 0 Å². The van der Waals surface area contributed by atoms with Crippen LogP contribution < -0.4 is 10.6 Å². The van der Waals surface area contributed by atoms with E-state index in [-0.39, 0.29) is 24.4 Å². The van der Waals surface area contributed by atoms with E-state index in [0.29, 0.717) is 12.1 Å². The number of hydrogen-bond acceptors (Lipinski definition) is 2. The predicted octanol–water partition coefficient (Wildman–Crippen LogP) is 1.46. The largest absolute Gasteiger partial charge is 0.419 e. The molecule has 1 aromatic rings. The van der Waals surface area contributed by atoms with E-state index in [0.717, 1.165) is 6.07 Å². The first-order valence-electron chi connectivity index (χ1n) is 5.71. The monoisotopic (exact) mass is 290 g/mol. The number of benzene rings is 1. The van der Waals surface area contributed by atoms with Crippen LogP contribution in [0.2, 0.25) is 0 Å². The summed E-state index contributed by atoms with van der Waals surface area (Å²) in [5.41, 5.74) is -1.80. The van der Waals surface area contributed by atoms with Crippen LogP contribution >= 0.6 is 0 Å². The van der Waals surface area contributed by atoms with Crippen LogP contribution in [-0.4, -0.2) is 24.4 Å². The molecule has 0 spiro atoms. The number of carbonyl (C=O) groups is 2. The third-order valence-corrected chi connectivity index (χ3v) is 2.85. The minimum Gasteiger partial charge on any atom is -0.354 e. The first-order chi connectivity index (χ1) is 9.27. The number of alkyl halides is 3. The molecule has 2 rings (SSSR count). The summed E-state index contributed by atoms with van der Waals surface area (Å²) in [5, 5.41) is 4.89. The molecular weight excluding hydrogens is 280 g/mol. The summed E-state index contributed by atoms with van der Waals surface area (Å²) in [6, 6.07) is 1.53. The van der Waals surface area contributed by atoms with Gasteiger partial charge in [0.2, 0.25) is 5.91 Å². The van der Waals surface area contributed by atoms with Crippen LogP contribution in [0, 0.1) is 5.82 Å². The summed E-state index contributed by atoms with van der Waals surface area (Å²) in [5.74, 6) is -2.46. The average Bonchev–Trinajstić information content (AvgIpc) is 2.73. The predicted molar refractivity (Wildman–Crippen MR) is 60.3 cm³/mol. The molecule has 0 radical (unpaired) electrons. The maximum atomic E-state index is 13.1. The zero-order chi connectivity index (χ0) is 14.9. The highest BCUT2D eigenvalue weighted by Gasteiger charge is 2.35. The number of halogens is 4. The molecular formula is C12H10F4N2O2. The van der Waals surface area contributed by atoms with Crippen LogP contribution in [0.15, 0.2) is 18.2 Å². The maximum Gasteiger partial charge on any atom is 0.419 e. The maximum absolute atomic E-state index is 13.1. The fourth-order valence-electron chi connectivity index (χ4n) is 1.86. The third-order valence-electron chi connectivity index (χ3n) is 2.85. The van der Waals surface area contributed by atoms with Gasteiger partial charge in [-0.15, -0.1) is 0 Å². The number of nitrogens with one attached hydrogen (secondary N) is 2. The van der Waals surface area contributed by atoms with Crippen LogP contribution in [0.5, 0.6) is 0 Å². The molecule has 4 nitrogen and oxygen atoms in total. The van der Waals surface area contributed by atoms with Gasteiger partial charge >= 0.3 is 6.18 Å². The molecule has 0 aliphatic carbocycles. The zero-order valence-electron chi connectivity index (χ0n) is 10.1. The Morgan fingerprint density at radius 3 is 2.60 bits per heavy atom. The molecule has 20 heavy (non-hydrogen) atoms. The Kier molecular flexibility index (Phi) is 3.65. The average molecular weight is 290 g/mol. The van der Waals surface area contributed by atoms with Crippen molar-refractivity contribution in [1.29, 1.82) is 0 Å². The third kappa shape index (κ3) is 3.06. The molecule has 1 aliphatic heterocycles. The Balaban J connectivity index is 2.16. The van der Waals surface area contributed by atoms with Gasteiger partial charge in [-0.05, 0) is 18.2 Å². The van der Waals surface area contributed by atoms with E-state index < -0.39 is 29.5 Å². The van der Waals surface area contributed by atoms with E-state index >= 15 is 0 Å². The van der Waals surface area contributed by atoms with Crippen molar-refractivity contribution in [2.45, 2.75) is 18.6 Å². The Labute approximate surface area is 111 Å². The highest BCUT2D eigenvalue weighted by atomic mass is 19.4. The molecule has 1 saturated heterocycles. The molecule has 108 valence electrons. The number of carbonyl (C=O) groups excluding carboxylic acids is 2. The summed E-state index contributed by atoms with van der Waals surface area (Å²) in [7, 11) is 0. The normalized spacial score (nSPS) is 18.8.